The SMILES string of the molecule is C=C(C)/C=C\C(=C)OC(=O)C1CCC(C2CCC(C)CC2)CC1. The van der Waals surface area contributed by atoms with Crippen molar-refractivity contribution < 1.29 is 9.53 Å². The Morgan fingerprint density at radius 1 is 0.913 bits per heavy atom. The van der Waals surface area contributed by atoms with Crippen LogP contribution in [0, 0.1) is 23.7 Å². The number of hydrogen-bond acceptors (Lipinski definition) is 2. The maximum Gasteiger partial charge on any atom is 0.314 e. The van der Waals surface area contributed by atoms with Crippen molar-refractivity contribution in [3.63, 3.8) is 0 Å². The molecule has 2 nitrogen and oxygen atoms in total. The maximum atomic E-state index is 12.2. The second-order valence-corrected chi connectivity index (χ2v) is 7.70. The van der Waals surface area contributed by atoms with E-state index in [1.807, 2.05) is 13.0 Å². The summed E-state index contributed by atoms with van der Waals surface area (Å²) >= 11 is 0. The number of carbonyl (C=O) groups excluding carboxylic acids is 1. The maximum absolute atomic E-state index is 12.2. The molecule has 0 radical (unpaired) electrons. The Bertz CT molecular complexity index is 458. The van der Waals surface area contributed by atoms with Gasteiger partial charge in [-0.25, -0.2) is 0 Å². The lowest BCUT2D eigenvalue weighted by Crippen LogP contribution is -2.28. The van der Waals surface area contributed by atoms with Crippen molar-refractivity contribution in [2.45, 2.75) is 65.2 Å². The monoisotopic (exact) mass is 316 g/mol. The zero-order chi connectivity index (χ0) is 16.8. The first kappa shape index (κ1) is 18.0. The lowest BCUT2D eigenvalue weighted by molar-refractivity contribution is -0.145. The molecule has 2 fully saturated rings. The Hall–Kier alpha value is -1.31. The first-order chi connectivity index (χ1) is 11.0. The summed E-state index contributed by atoms with van der Waals surface area (Å²) in [6.07, 6.45) is 13.4. The van der Waals surface area contributed by atoms with Crippen LogP contribution >= 0.6 is 0 Å². The van der Waals surface area contributed by atoms with Gasteiger partial charge in [-0.05, 0) is 69.3 Å². The molecular weight excluding hydrogens is 284 g/mol. The first-order valence-corrected chi connectivity index (χ1v) is 9.20. The average molecular weight is 316 g/mol. The molecule has 128 valence electrons. The minimum atomic E-state index is -0.0999. The molecule has 2 aliphatic carbocycles. The van der Waals surface area contributed by atoms with Crippen LogP contribution in [0.3, 0.4) is 0 Å². The zero-order valence-corrected chi connectivity index (χ0v) is 14.9. The van der Waals surface area contributed by atoms with Crippen molar-refractivity contribution in [1.82, 2.24) is 0 Å². The number of esters is 1. The molecule has 0 amide bonds. The molecule has 0 aromatic heterocycles. The van der Waals surface area contributed by atoms with E-state index >= 15 is 0 Å². The van der Waals surface area contributed by atoms with Gasteiger partial charge < -0.3 is 4.74 Å². The minimum absolute atomic E-state index is 0.0590. The topological polar surface area (TPSA) is 26.3 Å². The van der Waals surface area contributed by atoms with E-state index in [0.717, 1.165) is 36.2 Å². The van der Waals surface area contributed by atoms with Gasteiger partial charge in [0.15, 0.2) is 0 Å². The lowest BCUT2D eigenvalue weighted by atomic mass is 9.69. The first-order valence-electron chi connectivity index (χ1n) is 9.20. The van der Waals surface area contributed by atoms with Crippen molar-refractivity contribution >= 4 is 5.97 Å². The van der Waals surface area contributed by atoms with Crippen molar-refractivity contribution in [3.05, 3.63) is 36.6 Å². The highest BCUT2D eigenvalue weighted by Crippen LogP contribution is 2.41. The van der Waals surface area contributed by atoms with Crippen LogP contribution < -0.4 is 0 Å². The summed E-state index contributed by atoms with van der Waals surface area (Å²) in [5.41, 5.74) is 0.921. The Labute approximate surface area is 141 Å². The van der Waals surface area contributed by atoms with Gasteiger partial charge in [-0.15, -0.1) is 0 Å². The smallest absolute Gasteiger partial charge is 0.314 e. The second-order valence-electron chi connectivity index (χ2n) is 7.70. The molecule has 0 atom stereocenters. The van der Waals surface area contributed by atoms with Gasteiger partial charge in [-0.1, -0.05) is 44.6 Å². The summed E-state index contributed by atoms with van der Waals surface area (Å²) in [5, 5.41) is 0. The van der Waals surface area contributed by atoms with Crippen LogP contribution in [0.2, 0.25) is 0 Å². The summed E-state index contributed by atoms with van der Waals surface area (Å²) in [7, 11) is 0. The van der Waals surface area contributed by atoms with E-state index < -0.39 is 0 Å². The molecule has 2 heteroatoms. The van der Waals surface area contributed by atoms with E-state index in [9.17, 15) is 4.79 Å². The fourth-order valence-electron chi connectivity index (χ4n) is 4.07. The van der Waals surface area contributed by atoms with E-state index in [1.165, 1.54) is 38.5 Å². The van der Waals surface area contributed by atoms with Gasteiger partial charge in [0.05, 0.1) is 5.92 Å². The van der Waals surface area contributed by atoms with Gasteiger partial charge in [0.1, 0.15) is 5.76 Å². The number of hydrogen-bond donors (Lipinski definition) is 0. The summed E-state index contributed by atoms with van der Waals surface area (Å²) in [5.74, 6) is 3.02. The van der Waals surface area contributed by atoms with Gasteiger partial charge in [0, 0.05) is 0 Å². The minimum Gasteiger partial charge on any atom is -0.427 e. The van der Waals surface area contributed by atoms with Crippen molar-refractivity contribution in [2.75, 3.05) is 0 Å². The molecule has 0 saturated heterocycles. The Kier molecular flexibility index (Phi) is 6.68. The van der Waals surface area contributed by atoms with E-state index in [0.29, 0.717) is 5.76 Å². The highest BCUT2D eigenvalue weighted by atomic mass is 16.5. The molecule has 0 unspecified atom stereocenters. The highest BCUT2D eigenvalue weighted by Gasteiger charge is 2.32. The van der Waals surface area contributed by atoms with Crippen molar-refractivity contribution in [1.29, 1.82) is 0 Å². The van der Waals surface area contributed by atoms with E-state index in [1.54, 1.807) is 6.08 Å². The summed E-state index contributed by atoms with van der Waals surface area (Å²) in [6, 6.07) is 0. The largest absolute Gasteiger partial charge is 0.427 e. The second kappa shape index (κ2) is 8.52. The van der Waals surface area contributed by atoms with Gasteiger partial charge in [0.2, 0.25) is 0 Å². The molecule has 0 aromatic rings. The number of allylic oxidation sites excluding steroid dienone is 3. The average Bonchev–Trinajstić information content (AvgIpc) is 2.54. The Balaban J connectivity index is 1.74. The molecule has 0 N–H and O–H groups in total. The molecular formula is C21H32O2. The number of rotatable bonds is 5. The molecule has 0 heterocycles. The molecule has 0 bridgehead atoms. The van der Waals surface area contributed by atoms with Gasteiger partial charge in [0.25, 0.3) is 0 Å². The van der Waals surface area contributed by atoms with Gasteiger partial charge >= 0.3 is 5.97 Å². The van der Waals surface area contributed by atoms with E-state index in [2.05, 4.69) is 20.1 Å². The molecule has 2 rings (SSSR count). The molecule has 0 spiro atoms. The Morgan fingerprint density at radius 3 is 1.96 bits per heavy atom. The van der Waals surface area contributed by atoms with E-state index in [4.69, 9.17) is 4.74 Å². The number of carbonyl (C=O) groups is 1. The van der Waals surface area contributed by atoms with Crippen LogP contribution in [-0.4, -0.2) is 5.97 Å². The third-order valence-electron chi connectivity index (χ3n) is 5.62. The standard InChI is InChI=1S/C21H32O2/c1-15(2)5-8-17(4)23-21(22)20-13-11-19(12-14-20)18-9-6-16(3)7-10-18/h5,8,16,18-20H,1,4,6-7,9-14H2,2-3H3/b8-5-. The van der Waals surface area contributed by atoms with Crippen molar-refractivity contribution in [3.8, 4) is 0 Å². The van der Waals surface area contributed by atoms with Gasteiger partial charge in [-0.3, -0.25) is 4.79 Å². The third kappa shape index (κ3) is 5.67. The molecule has 0 aromatic carbocycles. The van der Waals surface area contributed by atoms with Crippen LogP contribution in [0.5, 0.6) is 0 Å². The van der Waals surface area contributed by atoms with Crippen LogP contribution in [0.1, 0.15) is 65.2 Å². The predicted molar refractivity (Wildman–Crippen MR) is 95.8 cm³/mol. The van der Waals surface area contributed by atoms with Crippen LogP contribution in [-0.2, 0) is 9.53 Å². The Morgan fingerprint density at radius 2 is 1.43 bits per heavy atom. The van der Waals surface area contributed by atoms with Crippen LogP contribution in [0.4, 0.5) is 0 Å². The highest BCUT2D eigenvalue weighted by molar-refractivity contribution is 5.73. The lowest BCUT2D eigenvalue weighted by Gasteiger charge is -2.36. The van der Waals surface area contributed by atoms with Gasteiger partial charge in [-0.2, -0.15) is 0 Å². The predicted octanol–water partition coefficient (Wildman–Crippen LogP) is 5.81. The fourth-order valence-corrected chi connectivity index (χ4v) is 4.07. The third-order valence-corrected chi connectivity index (χ3v) is 5.62. The zero-order valence-electron chi connectivity index (χ0n) is 14.9. The molecule has 2 aliphatic rings. The van der Waals surface area contributed by atoms with Crippen LogP contribution in [0.25, 0.3) is 0 Å². The molecule has 2 saturated carbocycles. The fraction of sp³-hybridized carbons (Fsp3) is 0.667. The quantitative estimate of drug-likeness (QED) is 0.363. The summed E-state index contributed by atoms with van der Waals surface area (Å²) in [4.78, 5) is 12.2. The normalized spacial score (nSPS) is 31.7. The molecule has 0 aliphatic heterocycles. The summed E-state index contributed by atoms with van der Waals surface area (Å²) in [6.45, 7) is 11.8. The molecule has 23 heavy (non-hydrogen) atoms. The van der Waals surface area contributed by atoms with Crippen molar-refractivity contribution in [2.24, 2.45) is 23.7 Å². The van der Waals surface area contributed by atoms with Crippen LogP contribution in [0.15, 0.2) is 36.6 Å². The van der Waals surface area contributed by atoms with E-state index in [-0.39, 0.29) is 11.9 Å². The number of ether oxygens (including phenoxy) is 1. The summed E-state index contributed by atoms with van der Waals surface area (Å²) < 4.78 is 5.37.